The van der Waals surface area contributed by atoms with E-state index in [4.69, 9.17) is 15.3 Å². The third-order valence-electron chi connectivity index (χ3n) is 1.61. The number of aliphatic hydroxyl groups is 1. The van der Waals surface area contributed by atoms with E-state index in [0.717, 1.165) is 0 Å². The monoisotopic (exact) mass is 176 g/mol. The van der Waals surface area contributed by atoms with Crippen molar-refractivity contribution in [2.75, 3.05) is 0 Å². The molecule has 0 amide bonds. The van der Waals surface area contributed by atoms with E-state index in [0.29, 0.717) is 0 Å². The zero-order valence-corrected chi connectivity index (χ0v) is 6.73. The van der Waals surface area contributed by atoms with Crippen LogP contribution in [0.5, 0.6) is 0 Å². The molecule has 0 aliphatic carbocycles. The molecule has 2 atom stereocenters. The van der Waals surface area contributed by atoms with Gasteiger partial charge in [0.2, 0.25) is 0 Å². The van der Waals surface area contributed by atoms with Gasteiger partial charge in [0.1, 0.15) is 0 Å². The summed E-state index contributed by atoms with van der Waals surface area (Å²) in [5.74, 6) is -3.34. The molecule has 0 heterocycles. The number of carboxylic acids is 2. The Morgan fingerprint density at radius 1 is 1.33 bits per heavy atom. The lowest BCUT2D eigenvalue weighted by atomic mass is 9.97. The van der Waals surface area contributed by atoms with Crippen LogP contribution in [0.1, 0.15) is 19.8 Å². The molecule has 0 saturated carbocycles. The summed E-state index contributed by atoms with van der Waals surface area (Å²) in [5.41, 5.74) is 0. The van der Waals surface area contributed by atoms with Gasteiger partial charge in [0.15, 0.2) is 0 Å². The van der Waals surface area contributed by atoms with E-state index in [1.807, 2.05) is 0 Å². The summed E-state index contributed by atoms with van der Waals surface area (Å²) < 4.78 is 0. The Morgan fingerprint density at radius 2 is 1.83 bits per heavy atom. The highest BCUT2D eigenvalue weighted by Gasteiger charge is 2.26. The SMILES string of the molecule is CCC(C(=O)O)C(O)CC(=O)O. The lowest BCUT2D eigenvalue weighted by molar-refractivity contribution is -0.148. The number of aliphatic carboxylic acids is 2. The normalized spacial score (nSPS) is 15.2. The summed E-state index contributed by atoms with van der Waals surface area (Å²) in [5, 5.41) is 25.8. The first-order valence-corrected chi connectivity index (χ1v) is 3.61. The van der Waals surface area contributed by atoms with Gasteiger partial charge >= 0.3 is 11.9 Å². The molecule has 70 valence electrons. The summed E-state index contributed by atoms with van der Waals surface area (Å²) in [7, 11) is 0. The van der Waals surface area contributed by atoms with Crippen molar-refractivity contribution in [1.82, 2.24) is 0 Å². The van der Waals surface area contributed by atoms with E-state index < -0.39 is 30.4 Å². The van der Waals surface area contributed by atoms with Crippen LogP contribution in [0.25, 0.3) is 0 Å². The number of carbonyl (C=O) groups is 2. The van der Waals surface area contributed by atoms with Crippen LogP contribution >= 0.6 is 0 Å². The van der Waals surface area contributed by atoms with Crippen molar-refractivity contribution < 1.29 is 24.9 Å². The molecule has 0 rings (SSSR count). The smallest absolute Gasteiger partial charge is 0.309 e. The van der Waals surface area contributed by atoms with Crippen LogP contribution in [0.4, 0.5) is 0 Å². The number of aliphatic hydroxyl groups excluding tert-OH is 1. The van der Waals surface area contributed by atoms with Crippen molar-refractivity contribution in [2.24, 2.45) is 5.92 Å². The molecule has 2 unspecified atom stereocenters. The lowest BCUT2D eigenvalue weighted by Gasteiger charge is -2.14. The van der Waals surface area contributed by atoms with Gasteiger partial charge in [0.25, 0.3) is 0 Å². The standard InChI is InChI=1S/C7H12O5/c1-2-4(7(11)12)5(8)3-6(9)10/h4-5,8H,2-3H2,1H3,(H,9,10)(H,11,12). The molecule has 0 saturated heterocycles. The van der Waals surface area contributed by atoms with E-state index in [9.17, 15) is 9.59 Å². The molecule has 0 fully saturated rings. The number of carboxylic acid groups (broad SMARTS) is 2. The van der Waals surface area contributed by atoms with Crippen LogP contribution in [-0.4, -0.2) is 33.4 Å². The molecule has 0 aromatic heterocycles. The molecule has 0 radical (unpaired) electrons. The number of hydrogen-bond donors (Lipinski definition) is 3. The van der Waals surface area contributed by atoms with Gasteiger partial charge in [-0.25, -0.2) is 0 Å². The van der Waals surface area contributed by atoms with E-state index >= 15 is 0 Å². The van der Waals surface area contributed by atoms with Crippen LogP contribution in [0.3, 0.4) is 0 Å². The summed E-state index contributed by atoms with van der Waals surface area (Å²) >= 11 is 0. The predicted molar refractivity (Wildman–Crippen MR) is 39.7 cm³/mol. The van der Waals surface area contributed by atoms with Crippen LogP contribution in [0.15, 0.2) is 0 Å². The third-order valence-corrected chi connectivity index (χ3v) is 1.61. The first kappa shape index (κ1) is 10.9. The van der Waals surface area contributed by atoms with Crippen LogP contribution in [0, 0.1) is 5.92 Å². The zero-order valence-electron chi connectivity index (χ0n) is 6.73. The van der Waals surface area contributed by atoms with Gasteiger partial charge in [-0.3, -0.25) is 9.59 Å². The molecular formula is C7H12O5. The Morgan fingerprint density at radius 3 is 2.08 bits per heavy atom. The van der Waals surface area contributed by atoms with Gasteiger partial charge in [-0.1, -0.05) is 6.92 Å². The lowest BCUT2D eigenvalue weighted by Crippen LogP contribution is -2.29. The molecule has 3 N–H and O–H groups in total. The highest BCUT2D eigenvalue weighted by Crippen LogP contribution is 2.11. The van der Waals surface area contributed by atoms with Crippen molar-refractivity contribution in [3.8, 4) is 0 Å². The maximum atomic E-state index is 10.4. The van der Waals surface area contributed by atoms with Crippen molar-refractivity contribution in [3.63, 3.8) is 0 Å². The van der Waals surface area contributed by atoms with E-state index in [1.165, 1.54) is 0 Å². The summed E-state index contributed by atoms with van der Waals surface area (Å²) in [6.07, 6.45) is -1.60. The highest BCUT2D eigenvalue weighted by atomic mass is 16.4. The maximum absolute atomic E-state index is 10.4. The van der Waals surface area contributed by atoms with Gasteiger partial charge in [0.05, 0.1) is 18.4 Å². The van der Waals surface area contributed by atoms with Gasteiger partial charge < -0.3 is 15.3 Å². The molecule has 0 aliphatic heterocycles. The molecule has 5 heteroatoms. The predicted octanol–water partition coefficient (Wildman–Crippen LogP) is -0.0672. The van der Waals surface area contributed by atoms with Gasteiger partial charge in [0, 0.05) is 0 Å². The molecule has 0 spiro atoms. The minimum Gasteiger partial charge on any atom is -0.481 e. The Bertz CT molecular complexity index is 177. The molecule has 0 bridgehead atoms. The Labute approximate surface area is 69.6 Å². The maximum Gasteiger partial charge on any atom is 0.309 e. The second-order valence-electron chi connectivity index (χ2n) is 2.52. The van der Waals surface area contributed by atoms with Crippen molar-refractivity contribution in [1.29, 1.82) is 0 Å². The average molecular weight is 176 g/mol. The quantitative estimate of drug-likeness (QED) is 0.545. The fourth-order valence-corrected chi connectivity index (χ4v) is 0.932. The van der Waals surface area contributed by atoms with Crippen LogP contribution in [-0.2, 0) is 9.59 Å². The van der Waals surface area contributed by atoms with Crippen molar-refractivity contribution in [2.45, 2.75) is 25.9 Å². The highest BCUT2D eigenvalue weighted by molar-refractivity contribution is 5.73. The van der Waals surface area contributed by atoms with Crippen molar-refractivity contribution >= 4 is 11.9 Å². The molecule has 12 heavy (non-hydrogen) atoms. The molecule has 0 aliphatic rings. The number of hydrogen-bond acceptors (Lipinski definition) is 3. The molecule has 0 aromatic carbocycles. The zero-order chi connectivity index (χ0) is 9.72. The number of rotatable bonds is 5. The minimum absolute atomic E-state index is 0.226. The average Bonchev–Trinajstić information content (AvgIpc) is 1.85. The summed E-state index contributed by atoms with van der Waals surface area (Å²) in [6, 6.07) is 0. The first-order valence-electron chi connectivity index (χ1n) is 3.61. The second-order valence-corrected chi connectivity index (χ2v) is 2.52. The molecule has 0 aromatic rings. The van der Waals surface area contributed by atoms with E-state index in [1.54, 1.807) is 6.92 Å². The molecular weight excluding hydrogens is 164 g/mol. The minimum atomic E-state index is -1.30. The second kappa shape index (κ2) is 4.71. The van der Waals surface area contributed by atoms with Crippen LogP contribution in [0.2, 0.25) is 0 Å². The van der Waals surface area contributed by atoms with E-state index in [2.05, 4.69) is 0 Å². The van der Waals surface area contributed by atoms with Gasteiger partial charge in [-0.2, -0.15) is 0 Å². The Hall–Kier alpha value is -1.10. The third kappa shape index (κ3) is 3.34. The van der Waals surface area contributed by atoms with E-state index in [-0.39, 0.29) is 6.42 Å². The summed E-state index contributed by atoms with van der Waals surface area (Å²) in [6.45, 7) is 1.59. The van der Waals surface area contributed by atoms with Crippen LogP contribution < -0.4 is 0 Å². The van der Waals surface area contributed by atoms with Crippen molar-refractivity contribution in [3.05, 3.63) is 0 Å². The Balaban J connectivity index is 4.11. The topological polar surface area (TPSA) is 94.8 Å². The first-order chi connectivity index (χ1) is 5.49. The Kier molecular flexibility index (Phi) is 4.28. The molecule has 5 nitrogen and oxygen atoms in total. The fourth-order valence-electron chi connectivity index (χ4n) is 0.932. The largest absolute Gasteiger partial charge is 0.481 e. The fraction of sp³-hybridized carbons (Fsp3) is 0.714. The summed E-state index contributed by atoms with van der Waals surface area (Å²) in [4.78, 5) is 20.5. The van der Waals surface area contributed by atoms with Gasteiger partial charge in [-0.15, -0.1) is 0 Å². The van der Waals surface area contributed by atoms with Gasteiger partial charge in [-0.05, 0) is 6.42 Å².